The molecule has 3 rings (SSSR count). The quantitative estimate of drug-likeness (QED) is 0.667. The number of aryl methyl sites for hydroxylation is 1. The average molecular weight is 423 g/mol. The Morgan fingerprint density at radius 3 is 2.20 bits per heavy atom. The first-order valence-electron chi connectivity index (χ1n) is 10.0. The number of rotatable bonds is 5. The van der Waals surface area contributed by atoms with Gasteiger partial charge < -0.3 is 9.80 Å². The van der Waals surface area contributed by atoms with E-state index in [2.05, 4.69) is 0 Å². The van der Waals surface area contributed by atoms with Gasteiger partial charge in [-0.2, -0.15) is 0 Å². The first-order valence-corrected chi connectivity index (χ1v) is 10.4. The maximum absolute atomic E-state index is 13.2. The third kappa shape index (κ3) is 5.91. The first kappa shape index (κ1) is 22.0. The third-order valence-electron chi connectivity index (χ3n) is 5.00. The number of likely N-dealkylation sites (tertiary alicyclic amines) is 1. The van der Waals surface area contributed by atoms with E-state index in [9.17, 15) is 9.59 Å². The van der Waals surface area contributed by atoms with E-state index in [4.69, 9.17) is 11.6 Å². The van der Waals surface area contributed by atoms with Gasteiger partial charge in [-0.1, -0.05) is 53.6 Å². The molecule has 0 saturated carbocycles. The van der Waals surface area contributed by atoms with E-state index in [0.29, 0.717) is 42.2 Å². The van der Waals surface area contributed by atoms with Crippen molar-refractivity contribution in [2.45, 2.75) is 13.3 Å². The van der Waals surface area contributed by atoms with Crippen LogP contribution >= 0.6 is 11.6 Å². The lowest BCUT2D eigenvalue weighted by Gasteiger charge is -2.30. The van der Waals surface area contributed by atoms with Crippen molar-refractivity contribution in [3.05, 3.63) is 81.4 Å². The van der Waals surface area contributed by atoms with Gasteiger partial charge in [0.2, 0.25) is 5.91 Å². The van der Waals surface area contributed by atoms with Gasteiger partial charge in [0.15, 0.2) is 5.78 Å². The van der Waals surface area contributed by atoms with Crippen molar-refractivity contribution in [1.29, 1.82) is 0 Å². The number of benzene rings is 2. The number of Topliss-reactive ketones (excluding diaryl/α,β-unsaturated/α-hetero) is 1. The van der Waals surface area contributed by atoms with Crippen LogP contribution in [0.2, 0.25) is 5.02 Å². The molecule has 2 aromatic carbocycles. The van der Waals surface area contributed by atoms with Crippen LogP contribution in [0.3, 0.4) is 0 Å². The predicted molar refractivity (Wildman–Crippen MR) is 123 cm³/mol. The first-order chi connectivity index (χ1) is 14.3. The Hall–Kier alpha value is -2.69. The smallest absolute Gasteiger partial charge is 0.224 e. The molecule has 1 amide bonds. The van der Waals surface area contributed by atoms with Crippen LogP contribution in [-0.4, -0.2) is 55.2 Å². The highest BCUT2D eigenvalue weighted by molar-refractivity contribution is 6.30. The number of nitrogens with zero attached hydrogens (tertiary/aromatic N) is 2. The second-order valence-corrected chi connectivity index (χ2v) is 8.38. The van der Waals surface area contributed by atoms with Gasteiger partial charge in [0.05, 0.1) is 0 Å². The molecule has 1 fully saturated rings. The molecule has 0 spiro atoms. The van der Waals surface area contributed by atoms with E-state index < -0.39 is 0 Å². The number of hydrogen-bond donors (Lipinski definition) is 0. The molecule has 0 N–H and O–H groups in total. The number of halogens is 1. The van der Waals surface area contributed by atoms with Crippen molar-refractivity contribution in [3.63, 3.8) is 0 Å². The molecule has 0 aliphatic carbocycles. The molecule has 5 heteroatoms. The molecular formula is C25H27ClN2O2. The lowest BCUT2D eigenvalue weighted by molar-refractivity contribution is -0.131. The summed E-state index contributed by atoms with van der Waals surface area (Å²) in [5.41, 5.74) is 4.16. The summed E-state index contributed by atoms with van der Waals surface area (Å²) in [6, 6.07) is 15.4. The highest BCUT2D eigenvalue weighted by Gasteiger charge is 2.28. The molecular weight excluding hydrogens is 396 g/mol. The van der Waals surface area contributed by atoms with Gasteiger partial charge in [-0.3, -0.25) is 9.59 Å². The van der Waals surface area contributed by atoms with Gasteiger partial charge in [0.1, 0.15) is 0 Å². The van der Waals surface area contributed by atoms with Crippen LogP contribution in [0.5, 0.6) is 0 Å². The SMILES string of the molecule is Cc1cccc(/C=C2\CN(C(=O)CCN(C)C)C/C(=C\c3cccc(Cl)c3)C2=O)c1. The van der Waals surface area contributed by atoms with Crippen LogP contribution in [-0.2, 0) is 9.59 Å². The molecule has 2 aromatic rings. The molecule has 0 aromatic heterocycles. The summed E-state index contributed by atoms with van der Waals surface area (Å²) in [4.78, 5) is 29.8. The minimum atomic E-state index is -0.0202. The molecule has 1 saturated heterocycles. The third-order valence-corrected chi connectivity index (χ3v) is 5.24. The Bertz CT molecular complexity index is 940. The van der Waals surface area contributed by atoms with Crippen molar-refractivity contribution >= 4 is 35.4 Å². The van der Waals surface area contributed by atoms with Gasteiger partial charge in [-0.05, 0) is 56.4 Å². The molecule has 30 heavy (non-hydrogen) atoms. The van der Waals surface area contributed by atoms with E-state index in [0.717, 1.165) is 16.7 Å². The predicted octanol–water partition coefficient (Wildman–Crippen LogP) is 4.48. The number of carbonyl (C=O) groups is 2. The molecule has 156 valence electrons. The Balaban J connectivity index is 1.95. The van der Waals surface area contributed by atoms with E-state index in [-0.39, 0.29) is 11.7 Å². The van der Waals surface area contributed by atoms with Crippen LogP contribution in [0.15, 0.2) is 59.7 Å². The van der Waals surface area contributed by atoms with Crippen LogP contribution in [0, 0.1) is 6.92 Å². The van der Waals surface area contributed by atoms with Gasteiger partial charge in [-0.15, -0.1) is 0 Å². The molecule has 0 atom stereocenters. The zero-order valence-corrected chi connectivity index (χ0v) is 18.4. The molecule has 1 aliphatic heterocycles. The van der Waals surface area contributed by atoms with E-state index in [1.54, 1.807) is 11.0 Å². The molecule has 0 bridgehead atoms. The second kappa shape index (κ2) is 9.88. The monoisotopic (exact) mass is 422 g/mol. The summed E-state index contributed by atoms with van der Waals surface area (Å²) in [6.07, 6.45) is 4.15. The fraction of sp³-hybridized carbons (Fsp3) is 0.280. The van der Waals surface area contributed by atoms with Gasteiger partial charge in [0, 0.05) is 42.2 Å². The lowest BCUT2D eigenvalue weighted by Crippen LogP contribution is -2.42. The van der Waals surface area contributed by atoms with Crippen molar-refractivity contribution in [2.24, 2.45) is 0 Å². The zero-order valence-electron chi connectivity index (χ0n) is 17.7. The van der Waals surface area contributed by atoms with Crippen molar-refractivity contribution in [3.8, 4) is 0 Å². The van der Waals surface area contributed by atoms with Crippen LogP contribution in [0.1, 0.15) is 23.1 Å². The molecule has 0 unspecified atom stereocenters. The van der Waals surface area contributed by atoms with Crippen molar-refractivity contribution in [1.82, 2.24) is 9.80 Å². The minimum Gasteiger partial charge on any atom is -0.334 e. The molecule has 1 heterocycles. The zero-order chi connectivity index (χ0) is 21.7. The molecule has 4 nitrogen and oxygen atoms in total. The average Bonchev–Trinajstić information content (AvgIpc) is 2.69. The fourth-order valence-electron chi connectivity index (χ4n) is 3.45. The number of hydrogen-bond acceptors (Lipinski definition) is 3. The largest absolute Gasteiger partial charge is 0.334 e. The van der Waals surface area contributed by atoms with Crippen molar-refractivity contribution in [2.75, 3.05) is 33.7 Å². The highest BCUT2D eigenvalue weighted by Crippen LogP contribution is 2.24. The van der Waals surface area contributed by atoms with Crippen molar-refractivity contribution < 1.29 is 9.59 Å². The number of ketones is 1. The summed E-state index contributed by atoms with van der Waals surface area (Å²) < 4.78 is 0. The number of piperidine rings is 1. The van der Waals surface area contributed by atoms with E-state index in [1.165, 1.54) is 0 Å². The highest BCUT2D eigenvalue weighted by atomic mass is 35.5. The standard InChI is InChI=1S/C25H27ClN2O2/c1-18-6-4-7-19(12-18)13-21-16-28(24(29)10-11-27(2)3)17-22(25(21)30)14-20-8-5-9-23(26)15-20/h4-9,12-15H,10-11,16-17H2,1-3H3/b21-13+,22-14+. The Morgan fingerprint density at radius 2 is 1.63 bits per heavy atom. The fourth-order valence-corrected chi connectivity index (χ4v) is 3.65. The summed E-state index contributed by atoms with van der Waals surface area (Å²) in [6.45, 7) is 3.33. The number of amides is 1. The van der Waals surface area contributed by atoms with Gasteiger partial charge >= 0.3 is 0 Å². The van der Waals surface area contributed by atoms with E-state index >= 15 is 0 Å². The Morgan fingerprint density at radius 1 is 1.03 bits per heavy atom. The second-order valence-electron chi connectivity index (χ2n) is 7.94. The Labute approximate surface area is 183 Å². The molecule has 0 radical (unpaired) electrons. The van der Waals surface area contributed by atoms with Crippen LogP contribution < -0.4 is 0 Å². The lowest BCUT2D eigenvalue weighted by atomic mass is 9.93. The summed E-state index contributed by atoms with van der Waals surface area (Å²) in [7, 11) is 3.89. The maximum Gasteiger partial charge on any atom is 0.224 e. The topological polar surface area (TPSA) is 40.6 Å². The number of carbonyl (C=O) groups excluding carboxylic acids is 2. The van der Waals surface area contributed by atoms with Crippen LogP contribution in [0.25, 0.3) is 12.2 Å². The maximum atomic E-state index is 13.2. The summed E-state index contributed by atoms with van der Waals surface area (Å²) in [5, 5.41) is 0.613. The summed E-state index contributed by atoms with van der Waals surface area (Å²) >= 11 is 6.10. The minimum absolute atomic E-state index is 0.0202. The van der Waals surface area contributed by atoms with Gasteiger partial charge in [0.25, 0.3) is 0 Å². The Kier molecular flexibility index (Phi) is 7.24. The summed E-state index contributed by atoms with van der Waals surface area (Å²) in [5.74, 6) is 0.0245. The van der Waals surface area contributed by atoms with Gasteiger partial charge in [-0.25, -0.2) is 0 Å². The normalized spacial score (nSPS) is 17.2. The molecule has 1 aliphatic rings. The van der Waals surface area contributed by atoms with E-state index in [1.807, 2.05) is 80.5 Å². The van der Waals surface area contributed by atoms with Crippen LogP contribution in [0.4, 0.5) is 0 Å².